The molecule has 1 fully saturated rings. The van der Waals surface area contributed by atoms with Gasteiger partial charge in [0, 0.05) is 18.3 Å². The fraction of sp³-hybridized carbons (Fsp3) is 0.929. The summed E-state index contributed by atoms with van der Waals surface area (Å²) in [6.45, 7) is 5.19. The number of thioether (sulfide) groups is 1. The highest BCUT2D eigenvalue weighted by atomic mass is 32.2. The maximum atomic E-state index is 11.7. The number of carbonyl (C=O) groups is 1. The van der Waals surface area contributed by atoms with Crippen molar-refractivity contribution in [3.8, 4) is 0 Å². The fourth-order valence-corrected chi connectivity index (χ4v) is 3.75. The third-order valence-electron chi connectivity index (χ3n) is 3.52. The molecule has 0 aromatic heterocycles. The average Bonchev–Trinajstić information content (AvgIpc) is 2.88. The van der Waals surface area contributed by atoms with Gasteiger partial charge in [-0.05, 0) is 31.4 Å². The number of amides is 2. The lowest BCUT2D eigenvalue weighted by Gasteiger charge is -2.27. The van der Waals surface area contributed by atoms with E-state index in [0.29, 0.717) is 11.8 Å². The predicted molar refractivity (Wildman–Crippen MR) is 81.6 cm³/mol. The summed E-state index contributed by atoms with van der Waals surface area (Å²) in [4.78, 5) is 11.7. The minimum atomic E-state index is -0.747. The topological polar surface area (TPSA) is 61.4 Å². The Balaban J connectivity index is 2.22. The van der Waals surface area contributed by atoms with Crippen molar-refractivity contribution >= 4 is 17.8 Å². The molecule has 0 spiro atoms. The van der Waals surface area contributed by atoms with Gasteiger partial charge >= 0.3 is 6.03 Å². The number of nitrogens with one attached hydrogen (secondary N) is 2. The number of urea groups is 1. The van der Waals surface area contributed by atoms with Crippen LogP contribution in [0.4, 0.5) is 4.79 Å². The van der Waals surface area contributed by atoms with Gasteiger partial charge in [-0.1, -0.05) is 26.7 Å². The molecule has 1 aliphatic rings. The monoisotopic (exact) mass is 288 g/mol. The first-order chi connectivity index (χ1) is 9.09. The molecule has 5 heteroatoms. The molecule has 0 radical (unpaired) electrons. The third-order valence-corrected chi connectivity index (χ3v) is 4.92. The second kappa shape index (κ2) is 8.69. The Bertz CT molecular complexity index is 262. The maximum absolute atomic E-state index is 11.7. The van der Waals surface area contributed by atoms with Gasteiger partial charge in [0.25, 0.3) is 0 Å². The summed E-state index contributed by atoms with van der Waals surface area (Å²) in [7, 11) is 0. The lowest BCUT2D eigenvalue weighted by molar-refractivity contribution is 0.0241. The summed E-state index contributed by atoms with van der Waals surface area (Å²) >= 11 is 1.93. The van der Waals surface area contributed by atoms with Crippen molar-refractivity contribution in [1.29, 1.82) is 0 Å². The minimum Gasteiger partial charge on any atom is -0.388 e. The Morgan fingerprint density at radius 1 is 1.32 bits per heavy atom. The molecule has 112 valence electrons. The zero-order chi connectivity index (χ0) is 14.1. The van der Waals surface area contributed by atoms with E-state index in [0.717, 1.165) is 32.2 Å². The highest BCUT2D eigenvalue weighted by Crippen LogP contribution is 2.25. The second-order valence-corrected chi connectivity index (χ2v) is 6.83. The Labute approximate surface area is 121 Å². The Hall–Kier alpha value is -0.420. The minimum absolute atomic E-state index is 0.155. The number of hydrogen-bond donors (Lipinski definition) is 3. The Kier molecular flexibility index (Phi) is 7.61. The number of aliphatic hydroxyl groups is 1. The molecule has 1 aliphatic heterocycles. The molecule has 19 heavy (non-hydrogen) atoms. The standard InChI is InChI=1S/C14H28N2O2S/c1-3-7-14(18,8-4-2)11-16-13(17)15-10-12-6-5-9-19-12/h12,18H,3-11H2,1-2H3,(H2,15,16,17). The molecule has 0 aliphatic carbocycles. The van der Waals surface area contributed by atoms with Crippen LogP contribution in [0.25, 0.3) is 0 Å². The molecule has 1 rings (SSSR count). The van der Waals surface area contributed by atoms with Gasteiger partial charge in [-0.3, -0.25) is 0 Å². The summed E-state index contributed by atoms with van der Waals surface area (Å²) in [6.07, 6.45) is 5.78. The van der Waals surface area contributed by atoms with E-state index in [4.69, 9.17) is 0 Å². The zero-order valence-electron chi connectivity index (χ0n) is 12.2. The van der Waals surface area contributed by atoms with Crippen molar-refractivity contribution in [1.82, 2.24) is 10.6 Å². The van der Waals surface area contributed by atoms with E-state index < -0.39 is 5.60 Å². The third kappa shape index (κ3) is 6.52. The molecular weight excluding hydrogens is 260 g/mol. The Morgan fingerprint density at radius 2 is 2.00 bits per heavy atom. The van der Waals surface area contributed by atoms with Crippen LogP contribution in [0.2, 0.25) is 0 Å². The van der Waals surface area contributed by atoms with Crippen molar-refractivity contribution in [3.63, 3.8) is 0 Å². The first-order valence-electron chi connectivity index (χ1n) is 7.45. The first-order valence-corrected chi connectivity index (χ1v) is 8.50. The van der Waals surface area contributed by atoms with Gasteiger partial charge in [0.2, 0.25) is 0 Å². The quantitative estimate of drug-likeness (QED) is 0.643. The summed E-state index contributed by atoms with van der Waals surface area (Å²) in [5, 5.41) is 16.7. The number of hydrogen-bond acceptors (Lipinski definition) is 3. The molecule has 0 saturated carbocycles. The van der Waals surface area contributed by atoms with Gasteiger partial charge in [0.15, 0.2) is 0 Å². The highest BCUT2D eigenvalue weighted by molar-refractivity contribution is 8.00. The predicted octanol–water partition coefficient (Wildman–Crippen LogP) is 2.51. The molecular formula is C14H28N2O2S. The van der Waals surface area contributed by atoms with Crippen LogP contribution < -0.4 is 10.6 Å². The summed E-state index contributed by atoms with van der Waals surface area (Å²) in [5.41, 5.74) is -0.747. The van der Waals surface area contributed by atoms with Crippen molar-refractivity contribution in [2.24, 2.45) is 0 Å². The van der Waals surface area contributed by atoms with Crippen LogP contribution in [0.5, 0.6) is 0 Å². The van der Waals surface area contributed by atoms with E-state index in [-0.39, 0.29) is 6.03 Å². The molecule has 0 aromatic carbocycles. The smallest absolute Gasteiger partial charge is 0.314 e. The van der Waals surface area contributed by atoms with Crippen molar-refractivity contribution < 1.29 is 9.90 Å². The van der Waals surface area contributed by atoms with Gasteiger partial charge in [0.05, 0.1) is 5.60 Å². The van der Waals surface area contributed by atoms with Crippen molar-refractivity contribution in [3.05, 3.63) is 0 Å². The molecule has 0 bridgehead atoms. The van der Waals surface area contributed by atoms with E-state index in [1.807, 2.05) is 11.8 Å². The first kappa shape index (κ1) is 16.6. The van der Waals surface area contributed by atoms with E-state index in [1.54, 1.807) is 0 Å². The molecule has 1 unspecified atom stereocenters. The molecule has 1 saturated heterocycles. The molecule has 0 aromatic rings. The van der Waals surface area contributed by atoms with Gasteiger partial charge in [-0.25, -0.2) is 4.79 Å². The Morgan fingerprint density at radius 3 is 2.53 bits per heavy atom. The summed E-state index contributed by atoms with van der Waals surface area (Å²) < 4.78 is 0. The van der Waals surface area contributed by atoms with Crippen LogP contribution in [0.15, 0.2) is 0 Å². The normalized spacial score (nSPS) is 19.4. The molecule has 3 N–H and O–H groups in total. The second-order valence-electron chi connectivity index (χ2n) is 5.42. The number of carbonyl (C=O) groups excluding carboxylic acids is 1. The van der Waals surface area contributed by atoms with Crippen LogP contribution in [0, 0.1) is 0 Å². The molecule has 4 nitrogen and oxygen atoms in total. The van der Waals surface area contributed by atoms with Crippen LogP contribution in [-0.2, 0) is 0 Å². The summed E-state index contributed by atoms with van der Waals surface area (Å²) in [5.74, 6) is 1.21. The maximum Gasteiger partial charge on any atom is 0.314 e. The number of rotatable bonds is 8. The molecule has 1 atom stereocenters. The average molecular weight is 288 g/mol. The van der Waals surface area contributed by atoms with Crippen LogP contribution in [0.1, 0.15) is 52.4 Å². The van der Waals surface area contributed by atoms with E-state index >= 15 is 0 Å². The molecule has 1 heterocycles. The van der Waals surface area contributed by atoms with E-state index in [1.165, 1.54) is 18.6 Å². The van der Waals surface area contributed by atoms with Gasteiger partial charge in [-0.15, -0.1) is 0 Å². The van der Waals surface area contributed by atoms with Gasteiger partial charge < -0.3 is 15.7 Å². The highest BCUT2D eigenvalue weighted by Gasteiger charge is 2.25. The fourth-order valence-electron chi connectivity index (χ4n) is 2.55. The van der Waals surface area contributed by atoms with E-state index in [9.17, 15) is 9.90 Å². The SMILES string of the molecule is CCCC(O)(CCC)CNC(=O)NCC1CCCS1. The lowest BCUT2D eigenvalue weighted by Crippen LogP contribution is -2.47. The van der Waals surface area contributed by atoms with Crippen molar-refractivity contribution in [2.45, 2.75) is 63.2 Å². The van der Waals surface area contributed by atoms with Crippen LogP contribution in [0.3, 0.4) is 0 Å². The van der Waals surface area contributed by atoms with Gasteiger partial charge in [-0.2, -0.15) is 11.8 Å². The zero-order valence-corrected chi connectivity index (χ0v) is 13.0. The lowest BCUT2D eigenvalue weighted by atomic mass is 9.93. The largest absolute Gasteiger partial charge is 0.388 e. The summed E-state index contributed by atoms with van der Waals surface area (Å²) in [6, 6.07) is -0.155. The van der Waals surface area contributed by atoms with Crippen LogP contribution in [-0.4, -0.2) is 40.8 Å². The van der Waals surface area contributed by atoms with E-state index in [2.05, 4.69) is 24.5 Å². The molecule has 2 amide bonds. The van der Waals surface area contributed by atoms with Gasteiger partial charge in [0.1, 0.15) is 0 Å². The van der Waals surface area contributed by atoms with Crippen LogP contribution >= 0.6 is 11.8 Å². The van der Waals surface area contributed by atoms with Crippen molar-refractivity contribution in [2.75, 3.05) is 18.8 Å².